The average molecular weight is 373 g/mol. The summed E-state index contributed by atoms with van der Waals surface area (Å²) in [5.74, 6) is -1.30. The first-order chi connectivity index (χ1) is 11.7. The maximum Gasteiger partial charge on any atom is 0.417 e. The van der Waals surface area contributed by atoms with Gasteiger partial charge in [0.05, 0.1) is 22.5 Å². The van der Waals surface area contributed by atoms with Gasteiger partial charge in [0.2, 0.25) is 0 Å². The number of carbonyl (C=O) groups is 1. The number of hydrogen-bond acceptors (Lipinski definition) is 3. The topological polar surface area (TPSA) is 59.3 Å². The number of nitrogens with one attached hydrogen (secondary N) is 1. The molecular formula is C15H9ClF4N4O. The number of anilines is 1. The zero-order chi connectivity index (χ0) is 18.4. The van der Waals surface area contributed by atoms with E-state index in [1.807, 2.05) is 0 Å². The fourth-order valence-corrected chi connectivity index (χ4v) is 2.52. The molecule has 5 nitrogen and oxygen atoms in total. The van der Waals surface area contributed by atoms with Gasteiger partial charge in [0.1, 0.15) is 17.3 Å². The average Bonchev–Trinajstić information content (AvgIpc) is 2.85. The van der Waals surface area contributed by atoms with Crippen molar-refractivity contribution in [1.29, 1.82) is 0 Å². The standard InChI is InChI=1S/C15H9ClF4N4O/c1-7-12(14(25)23-11-3-2-9(17)5-21-11)24-6-8(15(18,19)20)4-10(16)13(24)22-7/h2-6H,1H3,(H,21,23,25). The van der Waals surface area contributed by atoms with Crippen LogP contribution >= 0.6 is 11.6 Å². The third kappa shape index (κ3) is 3.27. The highest BCUT2D eigenvalue weighted by Gasteiger charge is 2.33. The minimum absolute atomic E-state index is 0.0179. The Hall–Kier alpha value is -2.68. The van der Waals surface area contributed by atoms with Crippen LogP contribution in [0.2, 0.25) is 5.02 Å². The lowest BCUT2D eigenvalue weighted by Crippen LogP contribution is -2.17. The molecule has 1 N–H and O–H groups in total. The van der Waals surface area contributed by atoms with E-state index >= 15 is 0 Å². The molecule has 0 unspecified atom stereocenters. The summed E-state index contributed by atoms with van der Waals surface area (Å²) in [6.45, 7) is 1.46. The van der Waals surface area contributed by atoms with Crippen LogP contribution in [-0.4, -0.2) is 20.3 Å². The number of carbonyl (C=O) groups excluding carboxylic acids is 1. The zero-order valence-electron chi connectivity index (χ0n) is 12.5. The van der Waals surface area contributed by atoms with Crippen LogP contribution < -0.4 is 5.32 Å². The summed E-state index contributed by atoms with van der Waals surface area (Å²) in [4.78, 5) is 20.1. The van der Waals surface area contributed by atoms with E-state index in [0.29, 0.717) is 0 Å². The lowest BCUT2D eigenvalue weighted by atomic mass is 10.2. The van der Waals surface area contributed by atoms with Crippen molar-refractivity contribution in [3.05, 3.63) is 58.4 Å². The van der Waals surface area contributed by atoms with E-state index in [9.17, 15) is 22.4 Å². The van der Waals surface area contributed by atoms with Gasteiger partial charge in [-0.25, -0.2) is 14.4 Å². The highest BCUT2D eigenvalue weighted by atomic mass is 35.5. The maximum absolute atomic E-state index is 13.0. The quantitative estimate of drug-likeness (QED) is 0.689. The summed E-state index contributed by atoms with van der Waals surface area (Å²) < 4.78 is 52.8. The second kappa shape index (κ2) is 5.99. The molecule has 0 spiro atoms. The molecule has 0 saturated heterocycles. The molecule has 0 saturated carbocycles. The fourth-order valence-electron chi connectivity index (χ4n) is 2.27. The highest BCUT2D eigenvalue weighted by molar-refractivity contribution is 6.33. The Morgan fingerprint density at radius 1 is 1.32 bits per heavy atom. The molecule has 3 aromatic heterocycles. The summed E-state index contributed by atoms with van der Waals surface area (Å²) in [6.07, 6.45) is -2.99. The number of rotatable bonds is 2. The van der Waals surface area contributed by atoms with Crippen LogP contribution in [0.4, 0.5) is 23.4 Å². The van der Waals surface area contributed by atoms with Crippen LogP contribution in [0.5, 0.6) is 0 Å². The maximum atomic E-state index is 13.0. The molecule has 0 bridgehead atoms. The molecule has 0 aliphatic carbocycles. The summed E-state index contributed by atoms with van der Waals surface area (Å²) >= 11 is 5.87. The third-order valence-electron chi connectivity index (χ3n) is 3.36. The Morgan fingerprint density at radius 2 is 2.04 bits per heavy atom. The predicted molar refractivity (Wildman–Crippen MR) is 82.1 cm³/mol. The van der Waals surface area contributed by atoms with Crippen LogP contribution in [-0.2, 0) is 6.18 Å². The van der Waals surface area contributed by atoms with Gasteiger partial charge in [0, 0.05) is 6.20 Å². The van der Waals surface area contributed by atoms with Crippen LogP contribution in [0.25, 0.3) is 5.65 Å². The molecule has 3 heterocycles. The molecule has 1 amide bonds. The normalized spacial score (nSPS) is 11.8. The minimum atomic E-state index is -4.64. The summed E-state index contributed by atoms with van der Waals surface area (Å²) in [5, 5.41) is 2.14. The lowest BCUT2D eigenvalue weighted by molar-refractivity contribution is -0.137. The van der Waals surface area contributed by atoms with Gasteiger partial charge in [0.15, 0.2) is 5.65 Å². The molecule has 0 aromatic carbocycles. The van der Waals surface area contributed by atoms with Crippen LogP contribution in [0.15, 0.2) is 30.6 Å². The van der Waals surface area contributed by atoms with Gasteiger partial charge >= 0.3 is 6.18 Å². The van der Waals surface area contributed by atoms with Crippen molar-refractivity contribution < 1.29 is 22.4 Å². The van der Waals surface area contributed by atoms with E-state index < -0.39 is 23.5 Å². The van der Waals surface area contributed by atoms with Gasteiger partial charge in [0.25, 0.3) is 5.91 Å². The number of halogens is 5. The zero-order valence-corrected chi connectivity index (χ0v) is 13.3. The SMILES string of the molecule is Cc1nc2c(Cl)cc(C(F)(F)F)cn2c1C(=O)Nc1ccc(F)cn1. The summed E-state index contributed by atoms with van der Waals surface area (Å²) in [5.41, 5.74) is -0.948. The van der Waals surface area contributed by atoms with Crippen LogP contribution in [0.3, 0.4) is 0 Å². The molecule has 0 radical (unpaired) electrons. The van der Waals surface area contributed by atoms with Crippen LogP contribution in [0.1, 0.15) is 21.7 Å². The Balaban J connectivity index is 2.08. The molecule has 130 valence electrons. The van der Waals surface area contributed by atoms with E-state index in [2.05, 4.69) is 15.3 Å². The smallest absolute Gasteiger partial charge is 0.305 e. The molecule has 0 fully saturated rings. The van der Waals surface area contributed by atoms with Crippen LogP contribution in [0, 0.1) is 12.7 Å². The van der Waals surface area contributed by atoms with Crippen molar-refractivity contribution in [3.8, 4) is 0 Å². The molecule has 0 aliphatic rings. The van der Waals surface area contributed by atoms with Gasteiger partial charge in [-0.05, 0) is 25.1 Å². The second-order valence-electron chi connectivity index (χ2n) is 5.13. The van der Waals surface area contributed by atoms with E-state index in [1.165, 1.54) is 13.0 Å². The number of amides is 1. The summed E-state index contributed by atoms with van der Waals surface area (Å²) in [6, 6.07) is 3.05. The fraction of sp³-hybridized carbons (Fsp3) is 0.133. The van der Waals surface area contributed by atoms with Gasteiger partial charge in [-0.1, -0.05) is 11.6 Å². The monoisotopic (exact) mass is 372 g/mol. The van der Waals surface area contributed by atoms with Crippen molar-refractivity contribution >= 4 is 29.0 Å². The van der Waals surface area contributed by atoms with E-state index in [-0.39, 0.29) is 27.9 Å². The van der Waals surface area contributed by atoms with Crippen molar-refractivity contribution in [3.63, 3.8) is 0 Å². The molecule has 10 heteroatoms. The first-order valence-corrected chi connectivity index (χ1v) is 7.23. The minimum Gasteiger partial charge on any atom is -0.305 e. The number of nitrogens with zero attached hydrogens (tertiary/aromatic N) is 3. The van der Waals surface area contributed by atoms with Crippen molar-refractivity contribution in [2.45, 2.75) is 13.1 Å². The Morgan fingerprint density at radius 3 is 2.64 bits per heavy atom. The Labute approximate surface area is 143 Å². The van der Waals surface area contributed by atoms with E-state index in [1.54, 1.807) is 0 Å². The molecule has 0 atom stereocenters. The number of alkyl halides is 3. The molecule has 3 rings (SSSR count). The van der Waals surface area contributed by atoms with Gasteiger partial charge in [-0.3, -0.25) is 9.20 Å². The largest absolute Gasteiger partial charge is 0.417 e. The first kappa shape index (κ1) is 17.2. The third-order valence-corrected chi connectivity index (χ3v) is 3.64. The molecular weight excluding hydrogens is 364 g/mol. The second-order valence-corrected chi connectivity index (χ2v) is 5.54. The van der Waals surface area contributed by atoms with Crippen molar-refractivity contribution in [2.24, 2.45) is 0 Å². The molecule has 3 aromatic rings. The number of pyridine rings is 2. The van der Waals surface area contributed by atoms with E-state index in [0.717, 1.165) is 28.9 Å². The van der Waals surface area contributed by atoms with Gasteiger partial charge in [-0.15, -0.1) is 0 Å². The number of imidazole rings is 1. The van der Waals surface area contributed by atoms with Crippen molar-refractivity contribution in [1.82, 2.24) is 14.4 Å². The number of aryl methyl sites for hydroxylation is 1. The molecule has 25 heavy (non-hydrogen) atoms. The Bertz CT molecular complexity index is 966. The predicted octanol–water partition coefficient (Wildman–Crippen LogP) is 4.10. The van der Waals surface area contributed by atoms with E-state index in [4.69, 9.17) is 11.6 Å². The number of aromatic nitrogens is 3. The lowest BCUT2D eigenvalue weighted by Gasteiger charge is -2.10. The Kier molecular flexibility index (Phi) is 4.11. The summed E-state index contributed by atoms with van der Waals surface area (Å²) in [7, 11) is 0. The highest BCUT2D eigenvalue weighted by Crippen LogP contribution is 2.33. The van der Waals surface area contributed by atoms with Crippen molar-refractivity contribution in [2.75, 3.05) is 5.32 Å². The molecule has 0 aliphatic heterocycles. The van der Waals surface area contributed by atoms with Gasteiger partial charge < -0.3 is 5.32 Å². The first-order valence-electron chi connectivity index (χ1n) is 6.85. The number of fused-ring (bicyclic) bond motifs is 1. The van der Waals surface area contributed by atoms with Gasteiger partial charge in [-0.2, -0.15) is 13.2 Å². The number of hydrogen-bond donors (Lipinski definition) is 1.